The third-order valence-electron chi connectivity index (χ3n) is 0. The van der Waals surface area contributed by atoms with Gasteiger partial charge in [-0.1, -0.05) is 0 Å². The van der Waals surface area contributed by atoms with E-state index in [0.717, 1.165) is 0 Å². The van der Waals surface area contributed by atoms with Crippen LogP contribution in [0.1, 0.15) is 0 Å². The topological polar surface area (TPSA) is 132 Å². The summed E-state index contributed by atoms with van der Waals surface area (Å²) in [6.07, 6.45) is 0. The van der Waals surface area contributed by atoms with Crippen LogP contribution in [-0.4, -0.2) is 33.2 Å². The van der Waals surface area contributed by atoms with E-state index in [0.29, 0.717) is 0 Å². The summed E-state index contributed by atoms with van der Waals surface area (Å²) in [5, 5.41) is 29.5. The molecule has 0 amide bonds. The van der Waals surface area contributed by atoms with E-state index in [4.69, 9.17) is 30.6 Å². The van der Waals surface area contributed by atoms with Gasteiger partial charge in [0.1, 0.15) is 0 Å². The first-order valence-corrected chi connectivity index (χ1v) is 1.10. The third kappa shape index (κ3) is 3480. The number of rotatable bonds is 0. The minimum absolute atomic E-state index is 0. The van der Waals surface area contributed by atoms with Crippen molar-refractivity contribution in [1.82, 2.24) is 0 Å². The summed E-state index contributed by atoms with van der Waals surface area (Å²) in [6, 6.07) is 0. The predicted molar refractivity (Wildman–Crippen MR) is 26.5 cm³/mol. The molecule has 53 valence electrons. The molecule has 8 nitrogen and oxygen atoms in total. The SMILES string of the molecule is O=[N+]([O-])[O-].O=[N+]([O-])[O-].[Mg+2].[Mn+2]. The van der Waals surface area contributed by atoms with Crippen molar-refractivity contribution in [2.24, 2.45) is 0 Å². The molecule has 10 heavy (non-hydrogen) atoms. The smallest absolute Gasteiger partial charge is 0.356 e. The van der Waals surface area contributed by atoms with Crippen molar-refractivity contribution < 1.29 is 27.2 Å². The van der Waals surface area contributed by atoms with Crippen molar-refractivity contribution in [1.29, 1.82) is 0 Å². The second-order valence-electron chi connectivity index (χ2n) is 0.447. The van der Waals surface area contributed by atoms with Gasteiger partial charge in [0.25, 0.3) is 0 Å². The maximum atomic E-state index is 8.25. The van der Waals surface area contributed by atoms with Gasteiger partial charge >= 0.3 is 40.1 Å². The Morgan fingerprint density at radius 3 is 0.800 bits per heavy atom. The fourth-order valence-corrected chi connectivity index (χ4v) is 0. The fourth-order valence-electron chi connectivity index (χ4n) is 0. The molecule has 0 bridgehead atoms. The molecule has 0 aromatic heterocycles. The Hall–Kier alpha value is -0.314. The molecule has 0 saturated heterocycles. The van der Waals surface area contributed by atoms with Crippen molar-refractivity contribution in [3.63, 3.8) is 0 Å². The zero-order valence-electron chi connectivity index (χ0n) is 4.43. The average Bonchev–Trinajstić information content (AvgIpc) is 1.25. The fraction of sp³-hybridized carbons (Fsp3) is 0. The summed E-state index contributed by atoms with van der Waals surface area (Å²) >= 11 is 0. The normalized spacial score (nSPS) is 4.80. The number of nitrogens with zero attached hydrogens (tertiary/aromatic N) is 2. The number of hydrogen-bond acceptors (Lipinski definition) is 6. The third-order valence-corrected chi connectivity index (χ3v) is 0. The average molecular weight is 203 g/mol. The van der Waals surface area contributed by atoms with Gasteiger partial charge < -0.3 is 30.6 Å². The Balaban J connectivity index is -0.0000000300. The van der Waals surface area contributed by atoms with Crippen LogP contribution in [0.25, 0.3) is 0 Å². The van der Waals surface area contributed by atoms with Crippen LogP contribution >= 0.6 is 0 Å². The van der Waals surface area contributed by atoms with Crippen LogP contribution in [0.4, 0.5) is 0 Å². The molecule has 0 N–H and O–H groups in total. The summed E-state index contributed by atoms with van der Waals surface area (Å²) in [6.45, 7) is 0. The molecule has 0 unspecified atom stereocenters. The largest absolute Gasteiger partial charge is 2.00 e. The summed E-state index contributed by atoms with van der Waals surface area (Å²) < 4.78 is 0. The number of hydrogen-bond donors (Lipinski definition) is 0. The standard InChI is InChI=1S/Mg.Mn.2NO3/c;;2*2-1(3)4/q2*+2;2*-1. The summed E-state index contributed by atoms with van der Waals surface area (Å²) in [4.78, 5) is 16.5. The Morgan fingerprint density at radius 1 is 0.800 bits per heavy atom. The van der Waals surface area contributed by atoms with Crippen LogP contribution in [0, 0.1) is 30.6 Å². The molecular weight excluding hydrogens is 203 g/mol. The minimum Gasteiger partial charge on any atom is -0.356 e. The molecular formula is MgMnN2O6+2. The van der Waals surface area contributed by atoms with Crippen LogP contribution in [0.15, 0.2) is 0 Å². The summed E-state index contributed by atoms with van der Waals surface area (Å²) in [5.41, 5.74) is 0. The van der Waals surface area contributed by atoms with E-state index < -0.39 is 10.2 Å². The maximum absolute atomic E-state index is 8.25. The molecule has 0 saturated carbocycles. The summed E-state index contributed by atoms with van der Waals surface area (Å²) in [5.74, 6) is 0. The Bertz CT molecular complexity index is 73.7. The first-order valence-electron chi connectivity index (χ1n) is 1.10. The molecule has 0 aromatic carbocycles. The molecule has 0 atom stereocenters. The van der Waals surface area contributed by atoms with Crippen molar-refractivity contribution in [3.05, 3.63) is 30.6 Å². The molecule has 1 radical (unpaired) electrons. The van der Waals surface area contributed by atoms with Crippen LogP contribution in [0.5, 0.6) is 0 Å². The van der Waals surface area contributed by atoms with Crippen LogP contribution in [0.2, 0.25) is 0 Å². The van der Waals surface area contributed by atoms with Crippen molar-refractivity contribution in [2.45, 2.75) is 0 Å². The second kappa shape index (κ2) is 15.9. The van der Waals surface area contributed by atoms with E-state index in [1.807, 2.05) is 0 Å². The molecule has 0 spiro atoms. The van der Waals surface area contributed by atoms with E-state index in [1.165, 1.54) is 0 Å². The monoisotopic (exact) mass is 203 g/mol. The van der Waals surface area contributed by atoms with Crippen molar-refractivity contribution >= 4 is 23.1 Å². The van der Waals surface area contributed by atoms with Crippen LogP contribution < -0.4 is 0 Å². The van der Waals surface area contributed by atoms with Gasteiger partial charge in [-0.25, -0.2) is 0 Å². The quantitative estimate of drug-likeness (QED) is 0.285. The first-order chi connectivity index (χ1) is 3.46. The molecule has 0 aromatic rings. The molecule has 0 aliphatic rings. The van der Waals surface area contributed by atoms with Gasteiger partial charge in [0.2, 0.25) is 0 Å². The van der Waals surface area contributed by atoms with E-state index in [-0.39, 0.29) is 40.1 Å². The predicted octanol–water partition coefficient (Wildman–Crippen LogP) is -0.862. The molecule has 0 aliphatic heterocycles. The van der Waals surface area contributed by atoms with Gasteiger partial charge in [0, 0.05) is 0 Å². The van der Waals surface area contributed by atoms with Crippen molar-refractivity contribution in [3.8, 4) is 0 Å². The molecule has 0 rings (SSSR count). The van der Waals surface area contributed by atoms with Crippen molar-refractivity contribution in [2.75, 3.05) is 0 Å². The van der Waals surface area contributed by atoms with E-state index in [2.05, 4.69) is 0 Å². The van der Waals surface area contributed by atoms with Crippen LogP contribution in [-0.2, 0) is 17.1 Å². The zero-order valence-corrected chi connectivity index (χ0v) is 7.02. The maximum Gasteiger partial charge on any atom is 2.00 e. The van der Waals surface area contributed by atoms with Gasteiger partial charge in [-0.05, 0) is 0 Å². The molecule has 10 heteroatoms. The Morgan fingerprint density at radius 2 is 0.800 bits per heavy atom. The van der Waals surface area contributed by atoms with Gasteiger partial charge in [-0.15, -0.1) is 0 Å². The van der Waals surface area contributed by atoms with E-state index in [9.17, 15) is 0 Å². The van der Waals surface area contributed by atoms with Gasteiger partial charge in [0.15, 0.2) is 0 Å². The first kappa shape index (κ1) is 22.6. The minimum atomic E-state index is -1.75. The Kier molecular flexibility index (Phi) is 35.9. The second-order valence-corrected chi connectivity index (χ2v) is 0.447. The van der Waals surface area contributed by atoms with Crippen LogP contribution in [0.3, 0.4) is 0 Å². The van der Waals surface area contributed by atoms with E-state index >= 15 is 0 Å². The van der Waals surface area contributed by atoms with Gasteiger partial charge in [0.05, 0.1) is 10.2 Å². The van der Waals surface area contributed by atoms with E-state index in [1.54, 1.807) is 0 Å². The van der Waals surface area contributed by atoms with Gasteiger partial charge in [-0.3, -0.25) is 0 Å². The summed E-state index contributed by atoms with van der Waals surface area (Å²) in [7, 11) is 0. The van der Waals surface area contributed by atoms with Gasteiger partial charge in [-0.2, -0.15) is 0 Å². The molecule has 0 aliphatic carbocycles. The molecule has 0 fully saturated rings. The Labute approximate surface area is 81.0 Å². The molecule has 0 heterocycles. The zero-order chi connectivity index (χ0) is 7.15.